The molecule has 0 saturated heterocycles. The fourth-order valence-corrected chi connectivity index (χ4v) is 4.20. The molecule has 0 aliphatic heterocycles. The highest BCUT2D eigenvalue weighted by Gasteiger charge is 2.32. The number of ketones is 2. The van der Waals surface area contributed by atoms with Crippen LogP contribution in [0.15, 0.2) is 71.6 Å². The van der Waals surface area contributed by atoms with Crippen molar-refractivity contribution in [2.75, 3.05) is 5.32 Å². The summed E-state index contributed by atoms with van der Waals surface area (Å²) < 4.78 is 26.8. The van der Waals surface area contributed by atoms with E-state index in [0.717, 1.165) is 5.56 Å². The van der Waals surface area contributed by atoms with Crippen molar-refractivity contribution in [2.24, 2.45) is 0 Å². The highest BCUT2D eigenvalue weighted by atomic mass is 32.2. The van der Waals surface area contributed by atoms with Crippen molar-refractivity contribution in [3.8, 4) is 0 Å². The van der Waals surface area contributed by atoms with Crippen molar-refractivity contribution in [2.45, 2.75) is 11.8 Å². The van der Waals surface area contributed by atoms with Crippen LogP contribution in [0.3, 0.4) is 0 Å². The molecule has 30 heavy (non-hydrogen) atoms. The first-order valence-electron chi connectivity index (χ1n) is 9.00. The van der Waals surface area contributed by atoms with Crippen LogP contribution in [0, 0.1) is 6.92 Å². The monoisotopic (exact) mass is 420 g/mol. The van der Waals surface area contributed by atoms with Crippen molar-refractivity contribution >= 4 is 33.3 Å². The van der Waals surface area contributed by atoms with Gasteiger partial charge in [-0.05, 0) is 25.1 Å². The van der Waals surface area contributed by atoms with Gasteiger partial charge in [0.1, 0.15) is 0 Å². The zero-order valence-electron chi connectivity index (χ0n) is 15.8. The van der Waals surface area contributed by atoms with Gasteiger partial charge < -0.3 is 5.32 Å². The van der Waals surface area contributed by atoms with Gasteiger partial charge in [-0.25, -0.2) is 17.9 Å². The van der Waals surface area contributed by atoms with E-state index in [0.29, 0.717) is 5.56 Å². The molecule has 0 heterocycles. The Bertz CT molecular complexity index is 1310. The van der Waals surface area contributed by atoms with Gasteiger partial charge in [-0.15, -0.1) is 0 Å². The fraction of sp³-hybridized carbons (Fsp3) is 0.0455. The molecule has 1 aliphatic rings. The van der Waals surface area contributed by atoms with Crippen LogP contribution in [-0.4, -0.2) is 26.0 Å². The van der Waals surface area contributed by atoms with Gasteiger partial charge in [0, 0.05) is 16.7 Å². The maximum absolute atomic E-state index is 13.0. The summed E-state index contributed by atoms with van der Waals surface area (Å²) in [6, 6.07) is 15.8. The number of sulfonamides is 1. The number of urea groups is 1. The smallest absolute Gasteiger partial charge is 0.306 e. The normalized spacial score (nSPS) is 12.7. The van der Waals surface area contributed by atoms with Crippen LogP contribution in [0.4, 0.5) is 10.5 Å². The van der Waals surface area contributed by atoms with Gasteiger partial charge in [-0.1, -0.05) is 54.1 Å². The maximum Gasteiger partial charge on any atom is 0.333 e. The van der Waals surface area contributed by atoms with Crippen LogP contribution in [0.2, 0.25) is 0 Å². The van der Waals surface area contributed by atoms with E-state index in [1.807, 2.05) is 11.6 Å². The second kappa shape index (κ2) is 7.23. The Hall–Kier alpha value is -3.78. The summed E-state index contributed by atoms with van der Waals surface area (Å²) >= 11 is 0. The number of carbonyl (C=O) groups excluding carboxylic acids is 3. The number of aryl methyl sites for hydroxylation is 1. The molecule has 0 aromatic heterocycles. The molecule has 7 nitrogen and oxygen atoms in total. The summed E-state index contributed by atoms with van der Waals surface area (Å²) in [6.45, 7) is 1.81. The molecule has 0 bridgehead atoms. The summed E-state index contributed by atoms with van der Waals surface area (Å²) in [5.41, 5.74) is 1.63. The molecule has 4 rings (SSSR count). The van der Waals surface area contributed by atoms with Gasteiger partial charge in [0.2, 0.25) is 0 Å². The van der Waals surface area contributed by atoms with Crippen molar-refractivity contribution in [1.82, 2.24) is 4.72 Å². The van der Waals surface area contributed by atoms with Crippen LogP contribution in [0.5, 0.6) is 0 Å². The number of hydrogen-bond acceptors (Lipinski definition) is 5. The Morgan fingerprint density at radius 2 is 1.37 bits per heavy atom. The molecule has 0 saturated carbocycles. The summed E-state index contributed by atoms with van der Waals surface area (Å²) in [7, 11) is -4.10. The lowest BCUT2D eigenvalue weighted by Crippen LogP contribution is -2.35. The number of hydrogen-bond donors (Lipinski definition) is 2. The summed E-state index contributed by atoms with van der Waals surface area (Å²) in [4.78, 5) is 38.0. The first kappa shape index (κ1) is 19.5. The average Bonchev–Trinajstić information content (AvgIpc) is 2.72. The number of rotatable bonds is 3. The van der Waals surface area contributed by atoms with Gasteiger partial charge in [0.25, 0.3) is 10.0 Å². The third kappa shape index (κ3) is 3.37. The standard InChI is InChI=1S/C22H16N2O5S/c1-13-9-11-14(12-10-13)30(28,29)24-22(27)23-18-8-4-7-17-19(18)21(26)16-6-3-2-5-15(16)20(17)25/h2-12H,1H3,(H2,23,24,27). The lowest BCUT2D eigenvalue weighted by atomic mass is 9.83. The Labute approximate surface area is 172 Å². The molecular weight excluding hydrogens is 404 g/mol. The van der Waals surface area contributed by atoms with Crippen molar-refractivity contribution in [3.05, 3.63) is 94.5 Å². The maximum atomic E-state index is 13.0. The highest BCUT2D eigenvalue weighted by Crippen LogP contribution is 2.31. The second-order valence-corrected chi connectivity index (χ2v) is 8.49. The van der Waals surface area contributed by atoms with Crippen LogP contribution >= 0.6 is 0 Å². The fourth-order valence-electron chi connectivity index (χ4n) is 3.30. The molecule has 0 unspecified atom stereocenters. The average molecular weight is 420 g/mol. The topological polar surface area (TPSA) is 109 Å². The second-order valence-electron chi connectivity index (χ2n) is 6.80. The summed E-state index contributed by atoms with van der Waals surface area (Å²) in [5, 5.41) is 2.39. The number of nitrogens with one attached hydrogen (secondary N) is 2. The van der Waals surface area contributed by atoms with E-state index in [1.54, 1.807) is 30.3 Å². The van der Waals surface area contributed by atoms with E-state index >= 15 is 0 Å². The zero-order chi connectivity index (χ0) is 21.5. The van der Waals surface area contributed by atoms with Crippen molar-refractivity contribution in [1.29, 1.82) is 0 Å². The van der Waals surface area contributed by atoms with Crippen molar-refractivity contribution in [3.63, 3.8) is 0 Å². The van der Waals surface area contributed by atoms with E-state index in [4.69, 9.17) is 0 Å². The highest BCUT2D eigenvalue weighted by molar-refractivity contribution is 7.90. The van der Waals surface area contributed by atoms with E-state index in [9.17, 15) is 22.8 Å². The lowest BCUT2D eigenvalue weighted by Gasteiger charge is -2.20. The summed E-state index contributed by atoms with van der Waals surface area (Å²) in [5.74, 6) is -0.756. The van der Waals surface area contributed by atoms with Crippen molar-refractivity contribution < 1.29 is 22.8 Å². The molecule has 3 aromatic rings. The van der Waals surface area contributed by atoms with Crippen LogP contribution < -0.4 is 10.0 Å². The largest absolute Gasteiger partial charge is 0.333 e. The van der Waals surface area contributed by atoms with Gasteiger partial charge in [-0.3, -0.25) is 9.59 Å². The minimum absolute atomic E-state index is 0.0316. The third-order valence-electron chi connectivity index (χ3n) is 4.76. The minimum atomic E-state index is -4.10. The van der Waals surface area contributed by atoms with E-state index in [1.165, 1.54) is 36.4 Å². The number of amides is 2. The third-order valence-corrected chi connectivity index (χ3v) is 6.11. The molecule has 0 radical (unpaired) electrons. The first-order chi connectivity index (χ1) is 14.3. The van der Waals surface area contributed by atoms with Gasteiger partial charge >= 0.3 is 6.03 Å². The number of anilines is 1. The van der Waals surface area contributed by atoms with Gasteiger partial charge in [-0.2, -0.15) is 0 Å². The van der Waals surface area contributed by atoms with Crippen LogP contribution in [0.25, 0.3) is 0 Å². The molecule has 2 N–H and O–H groups in total. The first-order valence-corrected chi connectivity index (χ1v) is 10.5. The lowest BCUT2D eigenvalue weighted by molar-refractivity contribution is 0.0979. The molecule has 0 spiro atoms. The van der Waals surface area contributed by atoms with Crippen LogP contribution in [0.1, 0.15) is 37.4 Å². The van der Waals surface area contributed by atoms with E-state index < -0.39 is 21.8 Å². The molecule has 8 heteroatoms. The van der Waals surface area contributed by atoms with Gasteiger partial charge in [0.15, 0.2) is 11.6 Å². The Morgan fingerprint density at radius 1 is 0.767 bits per heavy atom. The van der Waals surface area contributed by atoms with Gasteiger partial charge in [0.05, 0.1) is 16.1 Å². The number of carbonyl (C=O) groups is 3. The zero-order valence-corrected chi connectivity index (χ0v) is 16.6. The quantitative estimate of drug-likeness (QED) is 0.529. The summed E-state index contributed by atoms with van der Waals surface area (Å²) in [6.07, 6.45) is 0. The molecule has 150 valence electrons. The molecule has 0 fully saturated rings. The number of fused-ring (bicyclic) bond motifs is 2. The SMILES string of the molecule is Cc1ccc(S(=O)(=O)NC(=O)Nc2cccc3c2C(=O)c2ccccc2C3=O)cc1. The molecular formula is C22H16N2O5S. The Kier molecular flexibility index (Phi) is 4.71. The Balaban J connectivity index is 1.64. The molecule has 1 aliphatic carbocycles. The minimum Gasteiger partial charge on any atom is -0.306 e. The number of benzene rings is 3. The predicted octanol–water partition coefficient (Wildman–Crippen LogP) is 3.28. The Morgan fingerprint density at radius 3 is 2.03 bits per heavy atom. The molecule has 3 aromatic carbocycles. The molecule has 0 atom stereocenters. The van der Waals surface area contributed by atoms with Crippen LogP contribution in [-0.2, 0) is 10.0 Å². The molecule has 2 amide bonds. The van der Waals surface area contributed by atoms with E-state index in [2.05, 4.69) is 5.32 Å². The predicted molar refractivity (Wildman–Crippen MR) is 110 cm³/mol. The van der Waals surface area contributed by atoms with E-state index in [-0.39, 0.29) is 33.1 Å².